The highest BCUT2D eigenvalue weighted by Crippen LogP contribution is 2.11. The SMILES string of the molecule is Cc1ccc(CC(N)CNC(=O)OC(C)(C)C)c(F)c1. The highest BCUT2D eigenvalue weighted by atomic mass is 19.1. The summed E-state index contributed by atoms with van der Waals surface area (Å²) in [6.45, 7) is 7.43. The first-order chi connectivity index (χ1) is 9.17. The van der Waals surface area contributed by atoms with E-state index in [1.54, 1.807) is 26.8 Å². The molecule has 1 atom stereocenters. The van der Waals surface area contributed by atoms with Crippen molar-refractivity contribution in [1.29, 1.82) is 0 Å². The van der Waals surface area contributed by atoms with E-state index in [-0.39, 0.29) is 18.4 Å². The third kappa shape index (κ3) is 6.02. The van der Waals surface area contributed by atoms with Gasteiger partial charge in [-0.15, -0.1) is 0 Å². The van der Waals surface area contributed by atoms with Crippen LogP contribution >= 0.6 is 0 Å². The molecule has 0 heterocycles. The molecule has 112 valence electrons. The lowest BCUT2D eigenvalue weighted by Gasteiger charge is -2.21. The van der Waals surface area contributed by atoms with Crippen molar-refractivity contribution in [2.75, 3.05) is 6.54 Å². The average molecular weight is 282 g/mol. The molecule has 1 aromatic carbocycles. The number of benzene rings is 1. The number of nitrogens with one attached hydrogen (secondary N) is 1. The Morgan fingerprint density at radius 2 is 2.10 bits per heavy atom. The van der Waals surface area contributed by atoms with Gasteiger partial charge < -0.3 is 15.8 Å². The number of hydrogen-bond acceptors (Lipinski definition) is 3. The minimum atomic E-state index is -0.544. The molecule has 0 spiro atoms. The van der Waals surface area contributed by atoms with Crippen molar-refractivity contribution in [3.05, 3.63) is 35.1 Å². The lowest BCUT2D eigenvalue weighted by molar-refractivity contribution is 0.0524. The summed E-state index contributed by atoms with van der Waals surface area (Å²) in [6.07, 6.45) is -0.153. The third-order valence-electron chi connectivity index (χ3n) is 2.60. The number of aryl methyl sites for hydroxylation is 1. The van der Waals surface area contributed by atoms with Gasteiger partial charge in [-0.2, -0.15) is 0 Å². The number of alkyl carbamates (subject to hydrolysis) is 1. The number of rotatable bonds is 4. The van der Waals surface area contributed by atoms with Gasteiger partial charge in [0.05, 0.1) is 0 Å². The van der Waals surface area contributed by atoms with Crippen LogP contribution in [0.2, 0.25) is 0 Å². The van der Waals surface area contributed by atoms with E-state index in [0.717, 1.165) is 5.56 Å². The van der Waals surface area contributed by atoms with E-state index in [0.29, 0.717) is 12.0 Å². The summed E-state index contributed by atoms with van der Waals surface area (Å²) < 4.78 is 18.8. The van der Waals surface area contributed by atoms with Gasteiger partial charge >= 0.3 is 6.09 Å². The number of hydrogen-bond donors (Lipinski definition) is 2. The lowest BCUT2D eigenvalue weighted by Crippen LogP contribution is -2.41. The summed E-state index contributed by atoms with van der Waals surface area (Å²) in [7, 11) is 0. The molecule has 1 unspecified atom stereocenters. The Morgan fingerprint density at radius 3 is 2.65 bits per heavy atom. The standard InChI is InChI=1S/C15H23FN2O2/c1-10-5-6-11(13(16)7-10)8-12(17)9-18-14(19)20-15(2,3)4/h5-7,12H,8-9,17H2,1-4H3,(H,18,19). The number of carbonyl (C=O) groups excluding carboxylic acids is 1. The van der Waals surface area contributed by atoms with Gasteiger partial charge in [-0.05, 0) is 51.3 Å². The fraction of sp³-hybridized carbons (Fsp3) is 0.533. The molecule has 0 saturated heterocycles. The van der Waals surface area contributed by atoms with E-state index < -0.39 is 11.7 Å². The Hall–Kier alpha value is -1.62. The summed E-state index contributed by atoms with van der Waals surface area (Å²) >= 11 is 0. The number of carbonyl (C=O) groups is 1. The van der Waals surface area contributed by atoms with E-state index in [9.17, 15) is 9.18 Å². The normalized spacial score (nSPS) is 12.9. The maximum Gasteiger partial charge on any atom is 0.407 e. The Balaban J connectivity index is 2.44. The van der Waals surface area contributed by atoms with Crippen LogP contribution in [0.15, 0.2) is 18.2 Å². The summed E-state index contributed by atoms with van der Waals surface area (Å²) in [5.74, 6) is -0.266. The number of halogens is 1. The largest absolute Gasteiger partial charge is 0.444 e. The van der Waals surface area contributed by atoms with E-state index in [2.05, 4.69) is 5.32 Å². The molecule has 5 heteroatoms. The van der Waals surface area contributed by atoms with Crippen molar-refractivity contribution >= 4 is 6.09 Å². The highest BCUT2D eigenvalue weighted by Gasteiger charge is 2.17. The number of ether oxygens (including phenoxy) is 1. The first-order valence-corrected chi connectivity index (χ1v) is 6.65. The second-order valence-electron chi connectivity index (χ2n) is 5.94. The summed E-state index contributed by atoms with van der Waals surface area (Å²) in [5.41, 5.74) is 6.76. The first kappa shape index (κ1) is 16.4. The molecular formula is C15H23FN2O2. The molecule has 20 heavy (non-hydrogen) atoms. The first-order valence-electron chi connectivity index (χ1n) is 6.65. The van der Waals surface area contributed by atoms with Crippen LogP contribution in [0.3, 0.4) is 0 Å². The van der Waals surface area contributed by atoms with Crippen LogP contribution in [-0.2, 0) is 11.2 Å². The smallest absolute Gasteiger partial charge is 0.407 e. The van der Waals surface area contributed by atoms with Crippen LogP contribution in [-0.4, -0.2) is 24.3 Å². The minimum Gasteiger partial charge on any atom is -0.444 e. The van der Waals surface area contributed by atoms with Crippen molar-refractivity contribution in [3.63, 3.8) is 0 Å². The molecule has 4 nitrogen and oxygen atoms in total. The molecule has 0 aliphatic rings. The molecule has 0 aliphatic carbocycles. The zero-order valence-corrected chi connectivity index (χ0v) is 12.5. The van der Waals surface area contributed by atoms with Gasteiger partial charge in [0.25, 0.3) is 0 Å². The van der Waals surface area contributed by atoms with Crippen molar-refractivity contribution in [1.82, 2.24) is 5.32 Å². The molecule has 1 amide bonds. The maximum atomic E-state index is 13.7. The molecule has 3 N–H and O–H groups in total. The van der Waals surface area contributed by atoms with Crippen LogP contribution in [0, 0.1) is 12.7 Å². The van der Waals surface area contributed by atoms with E-state index >= 15 is 0 Å². The fourth-order valence-electron chi connectivity index (χ4n) is 1.70. The zero-order valence-electron chi connectivity index (χ0n) is 12.5. The maximum absolute atomic E-state index is 13.7. The molecule has 0 fully saturated rings. The van der Waals surface area contributed by atoms with Gasteiger partial charge in [-0.25, -0.2) is 9.18 Å². The quantitative estimate of drug-likeness (QED) is 0.892. The molecule has 1 aromatic rings. The van der Waals surface area contributed by atoms with E-state index in [1.165, 1.54) is 6.07 Å². The predicted molar refractivity (Wildman–Crippen MR) is 77.1 cm³/mol. The van der Waals surface area contributed by atoms with Crippen LogP contribution in [0.4, 0.5) is 9.18 Å². The van der Waals surface area contributed by atoms with Crippen LogP contribution in [0.25, 0.3) is 0 Å². The fourth-order valence-corrected chi connectivity index (χ4v) is 1.70. The second kappa shape index (κ2) is 6.70. The Kier molecular flexibility index (Phi) is 5.51. The zero-order chi connectivity index (χ0) is 15.3. The molecule has 1 rings (SSSR count). The van der Waals surface area contributed by atoms with Crippen LogP contribution in [0.1, 0.15) is 31.9 Å². The molecule has 0 aliphatic heterocycles. The van der Waals surface area contributed by atoms with E-state index in [4.69, 9.17) is 10.5 Å². The third-order valence-corrected chi connectivity index (χ3v) is 2.60. The van der Waals surface area contributed by atoms with E-state index in [1.807, 2.05) is 13.0 Å². The van der Waals surface area contributed by atoms with Gasteiger partial charge in [-0.1, -0.05) is 12.1 Å². The molecule has 0 aromatic heterocycles. The van der Waals surface area contributed by atoms with Crippen LogP contribution < -0.4 is 11.1 Å². The van der Waals surface area contributed by atoms with Gasteiger partial charge in [0.2, 0.25) is 0 Å². The van der Waals surface area contributed by atoms with Crippen molar-refractivity contribution in [2.45, 2.75) is 45.8 Å². The minimum absolute atomic E-state index is 0.238. The molecule has 0 saturated carbocycles. The average Bonchev–Trinajstić information content (AvgIpc) is 2.28. The van der Waals surface area contributed by atoms with Gasteiger partial charge in [0, 0.05) is 12.6 Å². The Labute approximate surface area is 119 Å². The predicted octanol–water partition coefficient (Wildman–Crippen LogP) is 2.53. The molecule has 0 radical (unpaired) electrons. The van der Waals surface area contributed by atoms with Crippen molar-refractivity contribution in [2.24, 2.45) is 5.73 Å². The van der Waals surface area contributed by atoms with Gasteiger partial charge in [-0.3, -0.25) is 0 Å². The summed E-state index contributed by atoms with van der Waals surface area (Å²) in [5, 5.41) is 2.58. The molecular weight excluding hydrogens is 259 g/mol. The van der Waals surface area contributed by atoms with Crippen molar-refractivity contribution in [3.8, 4) is 0 Å². The van der Waals surface area contributed by atoms with Crippen molar-refractivity contribution < 1.29 is 13.9 Å². The second-order valence-corrected chi connectivity index (χ2v) is 5.94. The Morgan fingerprint density at radius 1 is 1.45 bits per heavy atom. The summed E-state index contributed by atoms with van der Waals surface area (Å²) in [6, 6.07) is 4.67. The topological polar surface area (TPSA) is 64.3 Å². The summed E-state index contributed by atoms with van der Waals surface area (Å²) in [4.78, 5) is 11.5. The van der Waals surface area contributed by atoms with Gasteiger partial charge in [0.1, 0.15) is 11.4 Å². The monoisotopic (exact) mass is 282 g/mol. The number of amides is 1. The highest BCUT2D eigenvalue weighted by molar-refractivity contribution is 5.67. The molecule has 0 bridgehead atoms. The van der Waals surface area contributed by atoms with Crippen LogP contribution in [0.5, 0.6) is 0 Å². The number of nitrogens with two attached hydrogens (primary N) is 1. The lowest BCUT2D eigenvalue weighted by atomic mass is 10.0. The van der Waals surface area contributed by atoms with Gasteiger partial charge in [0.15, 0.2) is 0 Å². The Bertz CT molecular complexity index is 469.